The maximum Gasteiger partial charge on any atom is 0.103 e. The van der Waals surface area contributed by atoms with E-state index in [0.29, 0.717) is 6.54 Å². The molecule has 0 aromatic carbocycles. The highest BCUT2D eigenvalue weighted by Crippen LogP contribution is 2.43. The first-order chi connectivity index (χ1) is 8.33. The molecular formula is C12H22N4O. The first-order valence-corrected chi connectivity index (χ1v) is 6.68. The molecule has 17 heavy (non-hydrogen) atoms. The fourth-order valence-corrected chi connectivity index (χ4v) is 2.10. The van der Waals surface area contributed by atoms with Crippen molar-refractivity contribution in [3.8, 4) is 0 Å². The second-order valence-corrected chi connectivity index (χ2v) is 4.99. The first-order valence-electron chi connectivity index (χ1n) is 6.68. The Balaban J connectivity index is 1.78. The summed E-state index contributed by atoms with van der Waals surface area (Å²) in [4.78, 5) is 13.2. The normalized spacial score (nSPS) is 16.2. The van der Waals surface area contributed by atoms with Crippen molar-refractivity contribution >= 4 is 0 Å². The van der Waals surface area contributed by atoms with Gasteiger partial charge < -0.3 is 0 Å². The highest BCUT2D eigenvalue weighted by atomic mass is 16.3. The Hall–Kier alpha value is -1.09. The molecule has 1 saturated carbocycles. The van der Waals surface area contributed by atoms with E-state index < -0.39 is 0 Å². The Morgan fingerprint density at radius 1 is 1.00 bits per heavy atom. The summed E-state index contributed by atoms with van der Waals surface area (Å²) in [5.74, 6) is 0. The van der Waals surface area contributed by atoms with E-state index in [1.807, 2.05) is 0 Å². The topological polar surface area (TPSA) is 78.2 Å². The number of hydrogen-bond donors (Lipinski definition) is 0. The van der Waals surface area contributed by atoms with E-state index >= 15 is 0 Å². The van der Waals surface area contributed by atoms with Crippen LogP contribution in [0.15, 0.2) is 10.3 Å². The average Bonchev–Trinajstić information content (AvgIpc) is 3.12. The van der Waals surface area contributed by atoms with Crippen molar-refractivity contribution in [2.45, 2.75) is 69.7 Å². The molecule has 0 bridgehead atoms. The third-order valence-corrected chi connectivity index (χ3v) is 3.48. The van der Waals surface area contributed by atoms with Gasteiger partial charge in [-0.15, -0.1) is 0 Å². The zero-order valence-corrected chi connectivity index (χ0v) is 10.5. The van der Waals surface area contributed by atoms with Crippen molar-refractivity contribution < 1.29 is 0 Å². The summed E-state index contributed by atoms with van der Waals surface area (Å²) in [6.07, 6.45) is 11.2. The number of nitroso groups, excluding NO2 is 1. The lowest BCUT2D eigenvalue weighted by molar-refractivity contribution is 0.521. The highest BCUT2D eigenvalue weighted by molar-refractivity contribution is 5.01. The molecule has 1 aliphatic carbocycles. The van der Waals surface area contributed by atoms with Crippen molar-refractivity contribution in [2.75, 3.05) is 6.54 Å². The molecule has 1 aliphatic rings. The molecule has 0 radical (unpaired) electrons. The minimum absolute atomic E-state index is 0.144. The van der Waals surface area contributed by atoms with E-state index in [4.69, 9.17) is 5.53 Å². The second kappa shape index (κ2) is 8.07. The third-order valence-electron chi connectivity index (χ3n) is 3.48. The van der Waals surface area contributed by atoms with Gasteiger partial charge in [0.1, 0.15) is 5.54 Å². The highest BCUT2D eigenvalue weighted by Gasteiger charge is 2.43. The summed E-state index contributed by atoms with van der Waals surface area (Å²) >= 11 is 0. The Morgan fingerprint density at radius 2 is 1.59 bits per heavy atom. The number of hydrogen-bond acceptors (Lipinski definition) is 3. The van der Waals surface area contributed by atoms with Crippen molar-refractivity contribution in [3.63, 3.8) is 0 Å². The Morgan fingerprint density at radius 3 is 2.12 bits per heavy atom. The van der Waals surface area contributed by atoms with Crippen molar-refractivity contribution in [2.24, 2.45) is 10.3 Å². The van der Waals surface area contributed by atoms with Gasteiger partial charge in [-0.2, -0.15) is 4.91 Å². The van der Waals surface area contributed by atoms with Crippen molar-refractivity contribution in [1.82, 2.24) is 0 Å². The van der Waals surface area contributed by atoms with Crippen LogP contribution in [0.5, 0.6) is 0 Å². The van der Waals surface area contributed by atoms with Crippen LogP contribution in [0.4, 0.5) is 0 Å². The van der Waals surface area contributed by atoms with Crippen LogP contribution in [0.2, 0.25) is 0 Å². The first kappa shape index (κ1) is 14.0. The molecule has 0 N–H and O–H groups in total. The van der Waals surface area contributed by atoms with Gasteiger partial charge >= 0.3 is 0 Å². The molecule has 0 aromatic rings. The molecule has 5 nitrogen and oxygen atoms in total. The molecule has 96 valence electrons. The number of unbranched alkanes of at least 4 members (excludes halogenated alkanes) is 6. The SMILES string of the molecule is [N-]=[N+]=NCCCCCCCCCC1(N=O)CC1. The van der Waals surface area contributed by atoms with Crippen LogP contribution in [0.1, 0.15) is 64.2 Å². The summed E-state index contributed by atoms with van der Waals surface area (Å²) in [5, 5.41) is 6.72. The standard InChI is InChI=1S/C12H22N4O/c13-16-14-11-7-5-3-1-2-4-6-8-12(15-17)9-10-12/h1-11H2. The maximum absolute atomic E-state index is 10.5. The number of azide groups is 1. The van der Waals surface area contributed by atoms with Gasteiger partial charge in [-0.05, 0) is 31.2 Å². The largest absolute Gasteiger partial charge is 0.150 e. The van der Waals surface area contributed by atoms with Crippen LogP contribution in [0.25, 0.3) is 10.4 Å². The minimum Gasteiger partial charge on any atom is -0.150 e. The number of rotatable bonds is 11. The van der Waals surface area contributed by atoms with Crippen LogP contribution in [-0.4, -0.2) is 12.1 Å². The van der Waals surface area contributed by atoms with Crippen LogP contribution < -0.4 is 0 Å². The fraction of sp³-hybridized carbons (Fsp3) is 1.00. The van der Waals surface area contributed by atoms with E-state index in [-0.39, 0.29) is 5.54 Å². The zero-order valence-electron chi connectivity index (χ0n) is 10.5. The monoisotopic (exact) mass is 238 g/mol. The zero-order chi connectivity index (χ0) is 12.4. The summed E-state index contributed by atoms with van der Waals surface area (Å²) < 4.78 is 0. The van der Waals surface area contributed by atoms with Crippen LogP contribution in [0.3, 0.4) is 0 Å². The van der Waals surface area contributed by atoms with E-state index in [9.17, 15) is 4.91 Å². The molecule has 1 rings (SSSR count). The molecule has 5 heteroatoms. The lowest BCUT2D eigenvalue weighted by atomic mass is 10.0. The third kappa shape index (κ3) is 6.27. The predicted molar refractivity (Wildman–Crippen MR) is 68.7 cm³/mol. The van der Waals surface area contributed by atoms with E-state index in [0.717, 1.165) is 38.5 Å². The Kier molecular flexibility index (Phi) is 6.63. The van der Waals surface area contributed by atoms with Gasteiger partial charge in [-0.25, -0.2) is 0 Å². The number of nitrogens with zero attached hydrogens (tertiary/aromatic N) is 4. The molecule has 0 amide bonds. The molecule has 1 fully saturated rings. The molecular weight excluding hydrogens is 216 g/mol. The van der Waals surface area contributed by atoms with Crippen LogP contribution in [0, 0.1) is 4.91 Å². The van der Waals surface area contributed by atoms with Crippen molar-refractivity contribution in [3.05, 3.63) is 15.3 Å². The summed E-state index contributed by atoms with van der Waals surface area (Å²) in [5.41, 5.74) is 7.94. The minimum atomic E-state index is -0.144. The van der Waals surface area contributed by atoms with Gasteiger partial charge in [-0.3, -0.25) is 0 Å². The maximum atomic E-state index is 10.5. The van der Waals surface area contributed by atoms with Gasteiger partial charge in [0, 0.05) is 11.5 Å². The quantitative estimate of drug-likeness (QED) is 0.169. The van der Waals surface area contributed by atoms with E-state index in [1.165, 1.54) is 25.7 Å². The molecule has 0 heterocycles. The smallest absolute Gasteiger partial charge is 0.103 e. The average molecular weight is 238 g/mol. The Bertz CT molecular complexity index is 270. The van der Waals surface area contributed by atoms with Gasteiger partial charge in [-0.1, -0.05) is 48.8 Å². The Labute approximate surface area is 103 Å². The van der Waals surface area contributed by atoms with Crippen molar-refractivity contribution in [1.29, 1.82) is 0 Å². The molecule has 0 unspecified atom stereocenters. The lowest BCUT2D eigenvalue weighted by Gasteiger charge is -2.05. The van der Waals surface area contributed by atoms with Gasteiger partial charge in [0.25, 0.3) is 0 Å². The molecule has 0 saturated heterocycles. The molecule has 0 spiro atoms. The lowest BCUT2D eigenvalue weighted by Crippen LogP contribution is -2.02. The van der Waals surface area contributed by atoms with E-state index in [2.05, 4.69) is 15.2 Å². The molecule has 0 aliphatic heterocycles. The predicted octanol–water partition coefficient (Wildman–Crippen LogP) is 4.72. The van der Waals surface area contributed by atoms with E-state index in [1.54, 1.807) is 0 Å². The van der Waals surface area contributed by atoms with Gasteiger partial charge in [0.05, 0.1) is 0 Å². The summed E-state index contributed by atoms with van der Waals surface area (Å²) in [6.45, 7) is 0.629. The molecule has 0 aromatic heterocycles. The van der Waals surface area contributed by atoms with Gasteiger partial charge in [0.15, 0.2) is 0 Å². The summed E-state index contributed by atoms with van der Waals surface area (Å²) in [7, 11) is 0. The fourth-order valence-electron chi connectivity index (χ4n) is 2.10. The molecule has 0 atom stereocenters. The van der Waals surface area contributed by atoms with Crippen LogP contribution >= 0.6 is 0 Å². The van der Waals surface area contributed by atoms with Crippen LogP contribution in [-0.2, 0) is 0 Å². The summed E-state index contributed by atoms with van der Waals surface area (Å²) in [6, 6.07) is 0. The second-order valence-electron chi connectivity index (χ2n) is 4.99. The van der Waals surface area contributed by atoms with Gasteiger partial charge in [0.2, 0.25) is 0 Å².